The van der Waals surface area contributed by atoms with Crippen molar-refractivity contribution < 1.29 is 5.11 Å². The Hall–Kier alpha value is -0.800. The number of aromatic nitrogens is 1. The summed E-state index contributed by atoms with van der Waals surface area (Å²) in [6.45, 7) is 2.97. The molecule has 0 aliphatic heterocycles. The first kappa shape index (κ1) is 9.29. The van der Waals surface area contributed by atoms with Crippen molar-refractivity contribution >= 4 is 0 Å². The quantitative estimate of drug-likeness (QED) is 0.686. The van der Waals surface area contributed by atoms with E-state index in [4.69, 9.17) is 5.11 Å². The van der Waals surface area contributed by atoms with Gasteiger partial charge in [-0.3, -0.25) is 0 Å². The van der Waals surface area contributed by atoms with E-state index in [1.807, 2.05) is 24.7 Å². The predicted molar refractivity (Wildman–Crippen MR) is 48.8 cm³/mol. The highest BCUT2D eigenvalue weighted by molar-refractivity contribution is 5.09. The van der Waals surface area contributed by atoms with E-state index in [-0.39, 0.29) is 12.6 Å². The van der Waals surface area contributed by atoms with Gasteiger partial charge in [-0.2, -0.15) is 0 Å². The summed E-state index contributed by atoms with van der Waals surface area (Å²) in [4.78, 5) is 0. The molecule has 3 nitrogen and oxygen atoms in total. The van der Waals surface area contributed by atoms with E-state index in [2.05, 4.69) is 17.6 Å². The average Bonchev–Trinajstić information content (AvgIpc) is 2.47. The first-order valence-corrected chi connectivity index (χ1v) is 4.17. The van der Waals surface area contributed by atoms with E-state index in [0.29, 0.717) is 0 Å². The molecule has 2 N–H and O–H groups in total. The third-order valence-electron chi connectivity index (χ3n) is 1.82. The summed E-state index contributed by atoms with van der Waals surface area (Å²) in [5.41, 5.74) is 1.25. The first-order chi connectivity index (χ1) is 5.72. The van der Waals surface area contributed by atoms with Crippen LogP contribution in [-0.4, -0.2) is 22.3 Å². The van der Waals surface area contributed by atoms with E-state index in [1.165, 1.54) is 5.56 Å². The van der Waals surface area contributed by atoms with Crippen LogP contribution in [0.1, 0.15) is 12.5 Å². The maximum atomic E-state index is 8.75. The maximum Gasteiger partial charge on any atom is 0.0582 e. The van der Waals surface area contributed by atoms with Crippen molar-refractivity contribution in [3.8, 4) is 0 Å². The number of rotatable bonds is 4. The third kappa shape index (κ3) is 2.68. The monoisotopic (exact) mass is 168 g/mol. The molecule has 0 aliphatic carbocycles. The lowest BCUT2D eigenvalue weighted by Crippen LogP contribution is -2.28. The van der Waals surface area contributed by atoms with Crippen LogP contribution in [0, 0.1) is 0 Å². The van der Waals surface area contributed by atoms with Gasteiger partial charge in [-0.1, -0.05) is 0 Å². The molecule has 1 rings (SSSR count). The molecule has 68 valence electrons. The zero-order valence-electron chi connectivity index (χ0n) is 7.62. The van der Waals surface area contributed by atoms with E-state index in [1.54, 1.807) is 0 Å². The Bertz CT molecular complexity index is 232. The van der Waals surface area contributed by atoms with Crippen LogP contribution in [0.25, 0.3) is 0 Å². The van der Waals surface area contributed by atoms with Crippen LogP contribution in [-0.2, 0) is 13.6 Å². The topological polar surface area (TPSA) is 37.2 Å². The molecule has 12 heavy (non-hydrogen) atoms. The molecule has 0 spiro atoms. The molecule has 1 unspecified atom stereocenters. The molecule has 0 aliphatic rings. The maximum absolute atomic E-state index is 8.75. The highest BCUT2D eigenvalue weighted by atomic mass is 16.3. The Morgan fingerprint density at radius 2 is 2.42 bits per heavy atom. The Labute approximate surface area is 73.0 Å². The van der Waals surface area contributed by atoms with E-state index in [9.17, 15) is 0 Å². The Kier molecular flexibility index (Phi) is 3.31. The number of hydrogen-bond acceptors (Lipinski definition) is 2. The second-order valence-corrected chi connectivity index (χ2v) is 3.15. The van der Waals surface area contributed by atoms with Gasteiger partial charge in [0.2, 0.25) is 0 Å². The summed E-state index contributed by atoms with van der Waals surface area (Å²) >= 11 is 0. The lowest BCUT2D eigenvalue weighted by Gasteiger charge is -2.08. The van der Waals surface area contributed by atoms with Gasteiger partial charge < -0.3 is 15.0 Å². The minimum absolute atomic E-state index is 0.171. The lowest BCUT2D eigenvalue weighted by molar-refractivity contribution is 0.251. The largest absolute Gasteiger partial charge is 0.395 e. The summed E-state index contributed by atoms with van der Waals surface area (Å²) < 4.78 is 2.01. The Morgan fingerprint density at radius 3 is 2.92 bits per heavy atom. The Morgan fingerprint density at radius 1 is 1.67 bits per heavy atom. The van der Waals surface area contributed by atoms with E-state index < -0.39 is 0 Å². The molecule has 0 radical (unpaired) electrons. The highest BCUT2D eigenvalue weighted by Crippen LogP contribution is 1.98. The van der Waals surface area contributed by atoms with Crippen LogP contribution in [0.15, 0.2) is 18.5 Å². The normalized spacial score (nSPS) is 13.2. The molecule has 0 amide bonds. The van der Waals surface area contributed by atoms with Crippen molar-refractivity contribution in [3.63, 3.8) is 0 Å². The lowest BCUT2D eigenvalue weighted by atomic mass is 10.3. The summed E-state index contributed by atoms with van der Waals surface area (Å²) in [6, 6.07) is 2.24. The summed E-state index contributed by atoms with van der Waals surface area (Å²) in [5, 5.41) is 11.9. The minimum atomic E-state index is 0.171. The van der Waals surface area contributed by atoms with Crippen molar-refractivity contribution in [2.75, 3.05) is 6.61 Å². The zero-order valence-corrected chi connectivity index (χ0v) is 7.62. The molecular weight excluding hydrogens is 152 g/mol. The predicted octanol–water partition coefficient (Wildman–Crippen LogP) is 0.495. The average molecular weight is 168 g/mol. The standard InChI is InChI=1S/C9H16N2O/c1-8(7-12)10-5-9-3-4-11(2)6-9/h3-4,6,8,10,12H,5,7H2,1-2H3. The molecule has 0 fully saturated rings. The Balaban J connectivity index is 2.33. The molecule has 0 saturated heterocycles. The second kappa shape index (κ2) is 4.28. The number of aryl methyl sites for hydroxylation is 1. The van der Waals surface area contributed by atoms with Crippen molar-refractivity contribution in [2.45, 2.75) is 19.5 Å². The summed E-state index contributed by atoms with van der Waals surface area (Å²) in [7, 11) is 2.00. The van der Waals surface area contributed by atoms with Gasteiger partial charge in [-0.15, -0.1) is 0 Å². The SMILES string of the molecule is CC(CO)NCc1ccn(C)c1. The second-order valence-electron chi connectivity index (χ2n) is 3.15. The molecule has 1 aromatic heterocycles. The van der Waals surface area contributed by atoms with Gasteiger partial charge in [-0.05, 0) is 18.6 Å². The third-order valence-corrected chi connectivity index (χ3v) is 1.82. The number of aliphatic hydroxyl groups is 1. The molecule has 1 atom stereocenters. The van der Waals surface area contributed by atoms with Crippen molar-refractivity contribution in [3.05, 3.63) is 24.0 Å². The van der Waals surface area contributed by atoms with Crippen molar-refractivity contribution in [1.29, 1.82) is 0 Å². The van der Waals surface area contributed by atoms with Gasteiger partial charge in [0.1, 0.15) is 0 Å². The fourth-order valence-electron chi connectivity index (χ4n) is 1.02. The number of hydrogen-bond donors (Lipinski definition) is 2. The van der Waals surface area contributed by atoms with Gasteiger partial charge in [0.05, 0.1) is 6.61 Å². The first-order valence-electron chi connectivity index (χ1n) is 4.17. The van der Waals surface area contributed by atoms with Crippen molar-refractivity contribution in [1.82, 2.24) is 9.88 Å². The molecule has 0 saturated carbocycles. The number of nitrogens with one attached hydrogen (secondary N) is 1. The van der Waals surface area contributed by atoms with Gasteiger partial charge >= 0.3 is 0 Å². The number of nitrogens with zero attached hydrogens (tertiary/aromatic N) is 1. The van der Waals surface area contributed by atoms with E-state index in [0.717, 1.165) is 6.54 Å². The van der Waals surface area contributed by atoms with Gasteiger partial charge in [0.25, 0.3) is 0 Å². The van der Waals surface area contributed by atoms with Crippen molar-refractivity contribution in [2.24, 2.45) is 7.05 Å². The molecular formula is C9H16N2O. The molecule has 1 heterocycles. The highest BCUT2D eigenvalue weighted by Gasteiger charge is 1.98. The summed E-state index contributed by atoms with van der Waals surface area (Å²) in [6.07, 6.45) is 4.08. The number of aliphatic hydroxyl groups excluding tert-OH is 1. The van der Waals surface area contributed by atoms with Crippen LogP contribution < -0.4 is 5.32 Å². The van der Waals surface area contributed by atoms with Gasteiger partial charge in [0, 0.05) is 32.0 Å². The fraction of sp³-hybridized carbons (Fsp3) is 0.556. The smallest absolute Gasteiger partial charge is 0.0582 e. The fourth-order valence-corrected chi connectivity index (χ4v) is 1.02. The molecule has 0 bridgehead atoms. The van der Waals surface area contributed by atoms with Crippen LogP contribution in [0.2, 0.25) is 0 Å². The molecule has 1 aromatic rings. The van der Waals surface area contributed by atoms with Crippen LogP contribution in [0.4, 0.5) is 0 Å². The molecule has 3 heteroatoms. The van der Waals surface area contributed by atoms with Crippen LogP contribution in [0.5, 0.6) is 0 Å². The minimum Gasteiger partial charge on any atom is -0.395 e. The molecule has 0 aromatic carbocycles. The zero-order chi connectivity index (χ0) is 8.97. The van der Waals surface area contributed by atoms with Gasteiger partial charge in [-0.25, -0.2) is 0 Å². The van der Waals surface area contributed by atoms with Crippen LogP contribution in [0.3, 0.4) is 0 Å². The summed E-state index contributed by atoms with van der Waals surface area (Å²) in [5.74, 6) is 0. The van der Waals surface area contributed by atoms with E-state index >= 15 is 0 Å². The van der Waals surface area contributed by atoms with Gasteiger partial charge in [0.15, 0.2) is 0 Å². The van der Waals surface area contributed by atoms with Crippen LogP contribution >= 0.6 is 0 Å².